The van der Waals surface area contributed by atoms with Crippen LogP contribution in [0.4, 0.5) is 19.1 Å². The Morgan fingerprint density at radius 3 is 2.39 bits per heavy atom. The van der Waals surface area contributed by atoms with Gasteiger partial charge in [-0.1, -0.05) is 18.2 Å². The fraction of sp³-hybridized carbons (Fsp3) is 0.192. The Morgan fingerprint density at radius 1 is 0.944 bits per heavy atom. The van der Waals surface area contributed by atoms with Crippen LogP contribution in [0.5, 0.6) is 0 Å². The topological polar surface area (TPSA) is 84.8 Å². The molecule has 1 N–H and O–H groups in total. The van der Waals surface area contributed by atoms with E-state index in [9.17, 15) is 21.6 Å². The monoisotopic (exact) mass is 510 g/mol. The molecule has 0 saturated carbocycles. The summed E-state index contributed by atoms with van der Waals surface area (Å²) >= 11 is 0. The first-order valence-corrected chi connectivity index (χ1v) is 12.7. The second-order valence-electron chi connectivity index (χ2n) is 8.62. The molecule has 0 fully saturated rings. The number of nitrogens with zero attached hydrogens (tertiary/aromatic N) is 3. The van der Waals surface area contributed by atoms with Gasteiger partial charge in [-0.15, -0.1) is 0 Å². The average molecular weight is 511 g/mol. The number of benzene rings is 2. The van der Waals surface area contributed by atoms with Crippen molar-refractivity contribution in [1.29, 1.82) is 0 Å². The van der Waals surface area contributed by atoms with Crippen LogP contribution >= 0.6 is 0 Å². The molecular weight excluding hydrogens is 489 g/mol. The number of nitrogens with one attached hydrogen (secondary N) is 1. The number of rotatable bonds is 5. The van der Waals surface area contributed by atoms with Crippen LogP contribution < -0.4 is 4.72 Å². The summed E-state index contributed by atoms with van der Waals surface area (Å²) in [6.45, 7) is 1.81. The third-order valence-electron chi connectivity index (χ3n) is 6.27. The van der Waals surface area contributed by atoms with Crippen molar-refractivity contribution in [2.24, 2.45) is 0 Å². The molecule has 184 valence electrons. The molecular formula is C26H21F3N4O2S. The molecule has 2 aromatic heterocycles. The number of aromatic nitrogens is 3. The zero-order valence-corrected chi connectivity index (χ0v) is 19.9. The van der Waals surface area contributed by atoms with Gasteiger partial charge in [-0.2, -0.15) is 13.2 Å². The zero-order valence-electron chi connectivity index (χ0n) is 19.1. The third kappa shape index (κ3) is 4.68. The smallest absolute Gasteiger partial charge is 0.261 e. The van der Waals surface area contributed by atoms with Gasteiger partial charge in [-0.25, -0.2) is 23.1 Å². The molecule has 0 amide bonds. The minimum Gasteiger partial charge on any atom is -0.261 e. The van der Waals surface area contributed by atoms with Gasteiger partial charge in [-0.05, 0) is 78.4 Å². The maximum absolute atomic E-state index is 13.5. The van der Waals surface area contributed by atoms with Gasteiger partial charge in [0.1, 0.15) is 0 Å². The maximum atomic E-state index is 13.5. The van der Waals surface area contributed by atoms with Crippen molar-refractivity contribution in [2.45, 2.75) is 36.8 Å². The molecule has 0 aliphatic heterocycles. The van der Waals surface area contributed by atoms with Gasteiger partial charge < -0.3 is 0 Å². The van der Waals surface area contributed by atoms with Crippen LogP contribution in [0.2, 0.25) is 0 Å². The van der Waals surface area contributed by atoms with E-state index in [4.69, 9.17) is 0 Å². The summed E-state index contributed by atoms with van der Waals surface area (Å²) in [7, 11) is -3.90. The molecule has 4 aromatic rings. The number of pyridine rings is 1. The highest BCUT2D eigenvalue weighted by Gasteiger charge is 2.33. The maximum Gasteiger partial charge on any atom is 0.416 e. The highest BCUT2D eigenvalue weighted by atomic mass is 32.2. The van der Waals surface area contributed by atoms with Crippen molar-refractivity contribution in [3.63, 3.8) is 0 Å². The molecule has 36 heavy (non-hydrogen) atoms. The number of aryl methyl sites for hydroxylation is 2. The second-order valence-corrected chi connectivity index (χ2v) is 10.3. The van der Waals surface area contributed by atoms with Crippen LogP contribution in [0.25, 0.3) is 11.1 Å². The molecule has 1 unspecified atom stereocenters. The van der Waals surface area contributed by atoms with E-state index in [1.165, 1.54) is 30.6 Å². The number of anilines is 1. The lowest BCUT2D eigenvalue weighted by molar-refractivity contribution is -0.137. The van der Waals surface area contributed by atoms with E-state index in [1.807, 2.05) is 6.92 Å². The Labute approximate surface area is 206 Å². The van der Waals surface area contributed by atoms with E-state index in [0.717, 1.165) is 28.5 Å². The highest BCUT2D eigenvalue weighted by Crippen LogP contribution is 2.44. The van der Waals surface area contributed by atoms with Crippen LogP contribution in [0.3, 0.4) is 0 Å². The largest absolute Gasteiger partial charge is 0.416 e. The molecule has 6 nitrogen and oxygen atoms in total. The first-order chi connectivity index (χ1) is 17.1. The number of hydrogen-bond acceptors (Lipinski definition) is 5. The number of hydrogen-bond donors (Lipinski definition) is 1. The molecule has 1 aliphatic carbocycles. The fourth-order valence-electron chi connectivity index (χ4n) is 4.53. The third-order valence-corrected chi connectivity index (χ3v) is 7.60. The summed E-state index contributed by atoms with van der Waals surface area (Å²) in [5, 5.41) is 0. The fourth-order valence-corrected chi connectivity index (χ4v) is 5.54. The number of alkyl halides is 3. The van der Waals surface area contributed by atoms with Crippen molar-refractivity contribution in [3.05, 3.63) is 101 Å². The summed E-state index contributed by atoms with van der Waals surface area (Å²) in [6, 6.07) is 13.8. The predicted molar refractivity (Wildman–Crippen MR) is 129 cm³/mol. The Bertz CT molecular complexity index is 1520. The van der Waals surface area contributed by atoms with Gasteiger partial charge in [0.05, 0.1) is 10.5 Å². The number of fused-ring (bicyclic) bond motifs is 1. The summed E-state index contributed by atoms with van der Waals surface area (Å²) < 4.78 is 68.6. The lowest BCUT2D eigenvalue weighted by Crippen LogP contribution is -2.15. The molecule has 1 atom stereocenters. The molecule has 0 radical (unpaired) electrons. The second kappa shape index (κ2) is 9.02. The molecule has 0 saturated heterocycles. The summed E-state index contributed by atoms with van der Waals surface area (Å²) in [5.74, 6) is -0.210. The van der Waals surface area contributed by atoms with Crippen LogP contribution in [0.15, 0.2) is 78.1 Å². The van der Waals surface area contributed by atoms with Crippen molar-refractivity contribution >= 4 is 16.0 Å². The average Bonchev–Trinajstić information content (AvgIpc) is 3.27. The van der Waals surface area contributed by atoms with E-state index >= 15 is 0 Å². The van der Waals surface area contributed by atoms with E-state index in [1.54, 1.807) is 36.5 Å². The van der Waals surface area contributed by atoms with Gasteiger partial charge >= 0.3 is 6.18 Å². The Kier molecular flexibility index (Phi) is 5.99. The lowest BCUT2D eigenvalue weighted by Gasteiger charge is -2.19. The van der Waals surface area contributed by atoms with Crippen molar-refractivity contribution < 1.29 is 21.6 Å². The normalized spacial score (nSPS) is 15.5. The standard InChI is InChI=1S/C26H21F3N4O2S/c1-16-3-4-18(15-32-16)24-14-19(26(27,28)29)6-9-23(24)22-8-5-17-13-20(7-10-21(17)22)36(34,35)33-25-30-11-2-12-31-25/h2-4,6-7,9-15,22H,5,8H2,1H3,(H,30,31,33). The first-order valence-electron chi connectivity index (χ1n) is 11.2. The SMILES string of the molecule is Cc1ccc(-c2cc(C(F)(F)F)ccc2C2CCc3cc(S(=O)(=O)Nc4ncccn4)ccc32)cn1. The van der Waals surface area contributed by atoms with E-state index in [0.29, 0.717) is 24.0 Å². The molecule has 2 aromatic carbocycles. The van der Waals surface area contributed by atoms with Crippen molar-refractivity contribution in [3.8, 4) is 11.1 Å². The molecule has 10 heteroatoms. The Balaban J connectivity index is 1.53. The summed E-state index contributed by atoms with van der Waals surface area (Å²) in [5.41, 5.74) is 3.59. The predicted octanol–water partition coefficient (Wildman–Crippen LogP) is 5.74. The van der Waals surface area contributed by atoms with E-state index < -0.39 is 21.8 Å². The molecule has 1 aliphatic rings. The van der Waals surface area contributed by atoms with Gasteiger partial charge in [-0.3, -0.25) is 4.98 Å². The number of halogens is 3. The van der Waals surface area contributed by atoms with Crippen LogP contribution in [-0.2, 0) is 22.6 Å². The quantitative estimate of drug-likeness (QED) is 0.370. The van der Waals surface area contributed by atoms with Crippen LogP contribution in [0, 0.1) is 6.92 Å². The molecule has 0 bridgehead atoms. The van der Waals surface area contributed by atoms with Crippen LogP contribution in [0.1, 0.15) is 40.3 Å². The van der Waals surface area contributed by atoms with E-state index in [2.05, 4.69) is 19.7 Å². The summed E-state index contributed by atoms with van der Waals surface area (Å²) in [4.78, 5) is 12.1. The lowest BCUT2D eigenvalue weighted by atomic mass is 9.86. The molecule has 5 rings (SSSR count). The first kappa shape index (κ1) is 23.9. The number of sulfonamides is 1. The van der Waals surface area contributed by atoms with E-state index in [-0.39, 0.29) is 16.8 Å². The minimum absolute atomic E-state index is 0.0306. The van der Waals surface area contributed by atoms with Crippen molar-refractivity contribution in [2.75, 3.05) is 4.72 Å². The highest BCUT2D eigenvalue weighted by molar-refractivity contribution is 7.92. The zero-order chi connectivity index (χ0) is 25.5. The Hall–Kier alpha value is -3.79. The van der Waals surface area contributed by atoms with Gasteiger partial charge in [0.15, 0.2) is 0 Å². The summed E-state index contributed by atoms with van der Waals surface area (Å²) in [6.07, 6.45) is 1.21. The van der Waals surface area contributed by atoms with Crippen LogP contribution in [-0.4, -0.2) is 23.4 Å². The molecule has 2 heterocycles. The minimum atomic E-state index is -4.47. The van der Waals surface area contributed by atoms with Crippen molar-refractivity contribution in [1.82, 2.24) is 15.0 Å². The van der Waals surface area contributed by atoms with Gasteiger partial charge in [0.2, 0.25) is 5.95 Å². The Morgan fingerprint density at radius 2 is 1.69 bits per heavy atom. The van der Waals surface area contributed by atoms with Gasteiger partial charge in [0, 0.05) is 35.8 Å². The van der Waals surface area contributed by atoms with Gasteiger partial charge in [0.25, 0.3) is 10.0 Å². The molecule has 0 spiro atoms.